The van der Waals surface area contributed by atoms with Gasteiger partial charge in [-0.3, -0.25) is 4.90 Å². The van der Waals surface area contributed by atoms with Crippen molar-refractivity contribution in [3.05, 3.63) is 28.5 Å². The summed E-state index contributed by atoms with van der Waals surface area (Å²) < 4.78 is 39.8. The Bertz CT molecular complexity index is 628. The highest BCUT2D eigenvalue weighted by Gasteiger charge is 2.40. The van der Waals surface area contributed by atoms with Gasteiger partial charge >= 0.3 is 0 Å². The molecule has 21 heavy (non-hydrogen) atoms. The van der Waals surface area contributed by atoms with E-state index in [1.165, 1.54) is 22.5 Å². The lowest BCUT2D eigenvalue weighted by molar-refractivity contribution is 0.0773. The first kappa shape index (κ1) is 15.4. The Morgan fingerprint density at radius 1 is 1.24 bits per heavy atom. The molecule has 8 heteroatoms. The Morgan fingerprint density at radius 3 is 2.52 bits per heavy atom. The highest BCUT2D eigenvalue weighted by atomic mass is 79.9. The van der Waals surface area contributed by atoms with Crippen LogP contribution in [0.25, 0.3) is 0 Å². The second kappa shape index (κ2) is 5.92. The maximum absolute atomic E-state index is 13.1. The zero-order valence-corrected chi connectivity index (χ0v) is 13.8. The van der Waals surface area contributed by atoms with Gasteiger partial charge in [0.2, 0.25) is 10.0 Å². The van der Waals surface area contributed by atoms with E-state index in [0.717, 1.165) is 26.2 Å². The smallest absolute Gasteiger partial charge is 0.244 e. The second-order valence-corrected chi connectivity index (χ2v) is 8.10. The average molecular weight is 378 g/mol. The van der Waals surface area contributed by atoms with E-state index in [2.05, 4.69) is 26.1 Å². The Balaban J connectivity index is 1.70. The molecule has 2 heterocycles. The Hall–Kier alpha value is -0.540. The number of hydrogen-bond donors (Lipinski definition) is 1. The van der Waals surface area contributed by atoms with Crippen molar-refractivity contribution in [2.45, 2.75) is 10.9 Å². The van der Waals surface area contributed by atoms with E-state index in [-0.39, 0.29) is 9.37 Å². The van der Waals surface area contributed by atoms with Crippen molar-refractivity contribution in [3.63, 3.8) is 0 Å². The molecular weight excluding hydrogens is 361 g/mol. The first-order valence-electron chi connectivity index (χ1n) is 6.88. The topological polar surface area (TPSA) is 52.7 Å². The summed E-state index contributed by atoms with van der Waals surface area (Å²) in [5, 5.41) is 3.28. The lowest BCUT2D eigenvalue weighted by Crippen LogP contribution is -2.63. The Labute approximate surface area is 132 Å². The van der Waals surface area contributed by atoms with E-state index in [9.17, 15) is 12.8 Å². The summed E-state index contributed by atoms with van der Waals surface area (Å²) in [6, 6.07) is 3.96. The molecule has 2 fully saturated rings. The van der Waals surface area contributed by atoms with Crippen molar-refractivity contribution in [3.8, 4) is 0 Å². The van der Waals surface area contributed by atoms with Crippen molar-refractivity contribution < 1.29 is 12.8 Å². The molecule has 0 bridgehead atoms. The highest BCUT2D eigenvalue weighted by Crippen LogP contribution is 2.29. The minimum Gasteiger partial charge on any atom is -0.314 e. The summed E-state index contributed by atoms with van der Waals surface area (Å²) in [6.07, 6.45) is 0. The molecule has 0 aromatic heterocycles. The summed E-state index contributed by atoms with van der Waals surface area (Å²) in [6.45, 7) is 4.83. The van der Waals surface area contributed by atoms with Gasteiger partial charge in [-0.25, -0.2) is 12.8 Å². The highest BCUT2D eigenvalue weighted by molar-refractivity contribution is 9.10. The number of benzene rings is 1. The van der Waals surface area contributed by atoms with E-state index in [4.69, 9.17) is 0 Å². The lowest BCUT2D eigenvalue weighted by Gasteiger charge is -2.45. The van der Waals surface area contributed by atoms with Crippen LogP contribution in [0.4, 0.5) is 4.39 Å². The third-order valence-corrected chi connectivity index (χ3v) is 6.82. The molecule has 1 aromatic carbocycles. The van der Waals surface area contributed by atoms with E-state index in [1.54, 1.807) is 0 Å². The van der Waals surface area contributed by atoms with Crippen molar-refractivity contribution in [1.29, 1.82) is 0 Å². The zero-order chi connectivity index (χ0) is 15.0. The van der Waals surface area contributed by atoms with Crippen LogP contribution in [0.5, 0.6) is 0 Å². The molecule has 116 valence electrons. The van der Waals surface area contributed by atoms with Gasteiger partial charge < -0.3 is 5.32 Å². The van der Waals surface area contributed by atoms with Gasteiger partial charge in [0.25, 0.3) is 0 Å². The van der Waals surface area contributed by atoms with Crippen LogP contribution in [0.15, 0.2) is 27.6 Å². The predicted molar refractivity (Wildman–Crippen MR) is 81.1 cm³/mol. The molecule has 0 aliphatic carbocycles. The first-order chi connectivity index (χ1) is 9.98. The Kier molecular flexibility index (Phi) is 4.33. The molecule has 0 radical (unpaired) electrons. The van der Waals surface area contributed by atoms with Crippen molar-refractivity contribution >= 4 is 26.0 Å². The number of nitrogens with one attached hydrogen (secondary N) is 1. The first-order valence-corrected chi connectivity index (χ1v) is 9.12. The van der Waals surface area contributed by atoms with E-state index < -0.39 is 15.8 Å². The Morgan fingerprint density at radius 2 is 1.90 bits per heavy atom. The van der Waals surface area contributed by atoms with Crippen LogP contribution in [0, 0.1) is 5.82 Å². The minimum absolute atomic E-state index is 0.127. The van der Waals surface area contributed by atoms with Crippen molar-refractivity contribution in [1.82, 2.24) is 14.5 Å². The average Bonchev–Trinajstić information content (AvgIpc) is 2.37. The van der Waals surface area contributed by atoms with Crippen LogP contribution in [0.2, 0.25) is 0 Å². The standard InChI is InChI=1S/C13H17BrFN3O2S/c14-12-7-10(15)1-2-13(12)21(19,20)18-8-11(9-18)17-5-3-16-4-6-17/h1-2,7,11,16H,3-6,8-9H2. The fourth-order valence-corrected chi connectivity index (χ4v) is 5.24. The molecule has 2 saturated heterocycles. The van der Waals surface area contributed by atoms with Crippen LogP contribution < -0.4 is 5.32 Å². The van der Waals surface area contributed by atoms with E-state index in [1.807, 2.05) is 0 Å². The van der Waals surface area contributed by atoms with Crippen LogP contribution in [0.3, 0.4) is 0 Å². The number of hydrogen-bond acceptors (Lipinski definition) is 4. The normalized spacial score (nSPS) is 22.2. The summed E-state index contributed by atoms with van der Waals surface area (Å²) in [7, 11) is -3.54. The van der Waals surface area contributed by atoms with Crippen LogP contribution in [-0.2, 0) is 10.0 Å². The van der Waals surface area contributed by atoms with Gasteiger partial charge in [0.05, 0.1) is 4.90 Å². The number of sulfonamides is 1. The number of halogens is 2. The molecule has 2 aliphatic heterocycles. The predicted octanol–water partition coefficient (Wildman–Crippen LogP) is 0.866. The molecule has 0 spiro atoms. The number of piperazine rings is 1. The molecule has 0 amide bonds. The van der Waals surface area contributed by atoms with Gasteiger partial charge in [0.15, 0.2) is 0 Å². The summed E-state index contributed by atoms with van der Waals surface area (Å²) in [4.78, 5) is 2.45. The van der Waals surface area contributed by atoms with Crippen molar-refractivity contribution in [2.24, 2.45) is 0 Å². The molecule has 0 atom stereocenters. The molecule has 3 rings (SSSR count). The molecule has 2 aliphatic rings. The SMILES string of the molecule is O=S(=O)(c1ccc(F)cc1Br)N1CC(N2CCNCC2)C1. The van der Waals surface area contributed by atoms with E-state index >= 15 is 0 Å². The maximum Gasteiger partial charge on any atom is 0.244 e. The third kappa shape index (κ3) is 3.00. The quantitative estimate of drug-likeness (QED) is 0.848. The second-order valence-electron chi connectivity index (χ2n) is 5.34. The molecular formula is C13H17BrFN3O2S. The molecule has 0 unspecified atom stereocenters. The van der Waals surface area contributed by atoms with Gasteiger partial charge in [0.1, 0.15) is 5.82 Å². The minimum atomic E-state index is -3.54. The molecule has 0 saturated carbocycles. The third-order valence-electron chi connectivity index (χ3n) is 4.01. The molecule has 1 aromatic rings. The van der Waals surface area contributed by atoms with Crippen LogP contribution in [0.1, 0.15) is 0 Å². The van der Waals surface area contributed by atoms with Crippen molar-refractivity contribution in [2.75, 3.05) is 39.3 Å². The molecule has 1 N–H and O–H groups in total. The number of rotatable bonds is 3. The lowest BCUT2D eigenvalue weighted by atomic mass is 10.1. The van der Waals surface area contributed by atoms with Gasteiger partial charge in [-0.1, -0.05) is 0 Å². The van der Waals surface area contributed by atoms with E-state index in [0.29, 0.717) is 19.1 Å². The largest absolute Gasteiger partial charge is 0.314 e. The summed E-state index contributed by atoms with van der Waals surface area (Å²) in [5.41, 5.74) is 0. The maximum atomic E-state index is 13.1. The summed E-state index contributed by atoms with van der Waals surface area (Å²) in [5.74, 6) is -0.455. The van der Waals surface area contributed by atoms with Gasteiger partial charge in [0, 0.05) is 49.8 Å². The monoisotopic (exact) mass is 377 g/mol. The van der Waals surface area contributed by atoms with Gasteiger partial charge in [-0.05, 0) is 34.1 Å². The van der Waals surface area contributed by atoms with Gasteiger partial charge in [-0.2, -0.15) is 4.31 Å². The summed E-state index contributed by atoms with van der Waals surface area (Å²) >= 11 is 3.13. The van der Waals surface area contributed by atoms with Gasteiger partial charge in [-0.15, -0.1) is 0 Å². The number of nitrogens with zero attached hydrogens (tertiary/aromatic N) is 2. The fourth-order valence-electron chi connectivity index (χ4n) is 2.71. The van der Waals surface area contributed by atoms with Crippen LogP contribution >= 0.6 is 15.9 Å². The molecule has 5 nitrogen and oxygen atoms in total. The van der Waals surface area contributed by atoms with Crippen LogP contribution in [-0.4, -0.2) is 62.9 Å². The fraction of sp³-hybridized carbons (Fsp3) is 0.538. The zero-order valence-electron chi connectivity index (χ0n) is 11.4.